The molecule has 1 aliphatic rings. The van der Waals surface area contributed by atoms with Crippen molar-refractivity contribution >= 4 is 45.6 Å². The Kier molecular flexibility index (Phi) is 8.32. The van der Waals surface area contributed by atoms with E-state index in [2.05, 4.69) is 30.8 Å². The Bertz CT molecular complexity index is 1310. The molecule has 4 rings (SSSR count). The average molecular weight is 550 g/mol. The molecule has 0 saturated carbocycles. The Labute approximate surface area is 220 Å². The van der Waals surface area contributed by atoms with E-state index in [9.17, 15) is 22.8 Å². The molecular weight excluding hydrogens is 523 g/mol. The lowest BCUT2D eigenvalue weighted by Crippen LogP contribution is -2.33. The van der Waals surface area contributed by atoms with E-state index in [1.165, 1.54) is 37.5 Å². The monoisotopic (exact) mass is 549 g/mol. The SMILES string of the molecule is COc1cc(C(=O)NCCN2CCCC2)ccc1Nc1ncc(C(F)(F)F)c(Nc2sccc2C(N)=O)n1. The summed E-state index contributed by atoms with van der Waals surface area (Å²) in [5.41, 5.74) is 4.91. The van der Waals surface area contributed by atoms with Crippen molar-refractivity contribution in [1.29, 1.82) is 0 Å². The van der Waals surface area contributed by atoms with Gasteiger partial charge in [-0.15, -0.1) is 11.3 Å². The van der Waals surface area contributed by atoms with Crippen molar-refractivity contribution in [3.63, 3.8) is 0 Å². The second-order valence-electron chi connectivity index (χ2n) is 8.45. The van der Waals surface area contributed by atoms with Crippen molar-refractivity contribution < 1.29 is 27.5 Å². The molecule has 1 aliphatic heterocycles. The number of rotatable bonds is 10. The lowest BCUT2D eigenvalue weighted by molar-refractivity contribution is -0.137. The summed E-state index contributed by atoms with van der Waals surface area (Å²) in [6.07, 6.45) is -1.79. The number of thiophene rings is 1. The number of amides is 2. The lowest BCUT2D eigenvalue weighted by Gasteiger charge is -2.16. The molecule has 38 heavy (non-hydrogen) atoms. The number of aromatic nitrogens is 2. The first-order valence-corrected chi connectivity index (χ1v) is 12.6. The third-order valence-electron chi connectivity index (χ3n) is 5.88. The van der Waals surface area contributed by atoms with E-state index in [1.54, 1.807) is 12.1 Å². The summed E-state index contributed by atoms with van der Waals surface area (Å²) in [5, 5.41) is 9.89. The number of alkyl halides is 3. The molecule has 5 N–H and O–H groups in total. The number of halogens is 3. The fourth-order valence-electron chi connectivity index (χ4n) is 3.94. The fraction of sp³-hybridized carbons (Fsp3) is 0.333. The van der Waals surface area contributed by atoms with Gasteiger partial charge < -0.3 is 31.3 Å². The Morgan fingerprint density at radius 2 is 1.95 bits per heavy atom. The Morgan fingerprint density at radius 1 is 1.18 bits per heavy atom. The van der Waals surface area contributed by atoms with Gasteiger partial charge in [0.2, 0.25) is 5.95 Å². The minimum atomic E-state index is -4.76. The highest BCUT2D eigenvalue weighted by Crippen LogP contribution is 2.37. The zero-order valence-electron chi connectivity index (χ0n) is 20.4. The van der Waals surface area contributed by atoms with E-state index >= 15 is 0 Å². The summed E-state index contributed by atoms with van der Waals surface area (Å²) in [7, 11) is 1.40. The molecule has 2 amide bonds. The van der Waals surface area contributed by atoms with Crippen LogP contribution in [-0.2, 0) is 6.18 Å². The van der Waals surface area contributed by atoms with E-state index in [4.69, 9.17) is 10.5 Å². The fourth-order valence-corrected chi connectivity index (χ4v) is 4.74. The van der Waals surface area contributed by atoms with E-state index < -0.39 is 23.5 Å². The lowest BCUT2D eigenvalue weighted by atomic mass is 10.1. The van der Waals surface area contributed by atoms with Crippen LogP contribution < -0.4 is 26.4 Å². The first kappa shape index (κ1) is 27.1. The number of carbonyl (C=O) groups excluding carboxylic acids is 2. The van der Waals surface area contributed by atoms with Crippen LogP contribution in [0.5, 0.6) is 5.75 Å². The topological polar surface area (TPSA) is 134 Å². The van der Waals surface area contributed by atoms with Gasteiger partial charge >= 0.3 is 6.18 Å². The number of ether oxygens (including phenoxy) is 1. The van der Waals surface area contributed by atoms with Gasteiger partial charge in [-0.1, -0.05) is 0 Å². The molecule has 3 heterocycles. The largest absolute Gasteiger partial charge is 0.495 e. The third kappa shape index (κ3) is 6.50. The molecule has 10 nitrogen and oxygen atoms in total. The Balaban J connectivity index is 1.52. The number of hydrogen-bond donors (Lipinski definition) is 4. The molecule has 0 radical (unpaired) electrons. The zero-order valence-corrected chi connectivity index (χ0v) is 21.2. The van der Waals surface area contributed by atoms with E-state index in [0.717, 1.165) is 31.0 Å². The number of likely N-dealkylation sites (tertiary alicyclic amines) is 1. The van der Waals surface area contributed by atoms with Crippen molar-refractivity contribution in [3.05, 3.63) is 52.5 Å². The molecule has 2 aromatic heterocycles. The van der Waals surface area contributed by atoms with Gasteiger partial charge in [0.05, 0.1) is 18.4 Å². The van der Waals surface area contributed by atoms with Crippen LogP contribution in [0.15, 0.2) is 35.8 Å². The second-order valence-corrected chi connectivity index (χ2v) is 9.37. The molecule has 0 aliphatic carbocycles. The molecule has 0 spiro atoms. The van der Waals surface area contributed by atoms with Crippen LogP contribution in [0.3, 0.4) is 0 Å². The van der Waals surface area contributed by atoms with Gasteiger partial charge in [0, 0.05) is 24.8 Å². The number of anilines is 4. The maximum absolute atomic E-state index is 13.6. The molecule has 1 fully saturated rings. The Morgan fingerprint density at radius 3 is 2.63 bits per heavy atom. The summed E-state index contributed by atoms with van der Waals surface area (Å²) < 4.78 is 46.2. The number of benzene rings is 1. The van der Waals surface area contributed by atoms with Crippen LogP contribution in [0, 0.1) is 0 Å². The van der Waals surface area contributed by atoms with Crippen molar-refractivity contribution in [2.24, 2.45) is 5.73 Å². The molecule has 0 bridgehead atoms. The van der Waals surface area contributed by atoms with Crippen LogP contribution in [0.2, 0.25) is 0 Å². The maximum Gasteiger partial charge on any atom is 0.421 e. The van der Waals surface area contributed by atoms with E-state index in [0.29, 0.717) is 24.0 Å². The van der Waals surface area contributed by atoms with Crippen molar-refractivity contribution in [1.82, 2.24) is 20.2 Å². The van der Waals surface area contributed by atoms with E-state index in [-0.39, 0.29) is 28.2 Å². The number of carbonyl (C=O) groups is 2. The normalized spacial score (nSPS) is 13.8. The summed E-state index contributed by atoms with van der Waals surface area (Å²) in [4.78, 5) is 34.2. The molecule has 0 unspecified atom stereocenters. The predicted octanol–water partition coefficient (Wildman–Crippen LogP) is 3.98. The third-order valence-corrected chi connectivity index (χ3v) is 6.71. The van der Waals surface area contributed by atoms with E-state index in [1.807, 2.05) is 0 Å². The first-order valence-electron chi connectivity index (χ1n) is 11.7. The molecule has 3 aromatic rings. The standard InChI is InChI=1S/C24H26F3N7O3S/c1-37-18-12-14(21(36)29-7-10-34-8-2-3-9-34)4-5-17(18)31-23-30-13-16(24(25,26)27)20(33-23)32-22-15(19(28)35)6-11-38-22/h4-6,11-13H,2-3,7-10H2,1H3,(H2,28,35)(H,29,36)(H2,30,31,32,33). The van der Waals surface area contributed by atoms with Gasteiger partial charge in [-0.3, -0.25) is 9.59 Å². The number of methoxy groups -OCH3 is 1. The average Bonchev–Trinajstić information content (AvgIpc) is 3.56. The van der Waals surface area contributed by atoms with Gasteiger partial charge in [-0.2, -0.15) is 18.2 Å². The van der Waals surface area contributed by atoms with Crippen LogP contribution in [-0.4, -0.2) is 60.0 Å². The van der Waals surface area contributed by atoms with Crippen LogP contribution in [0.4, 0.5) is 35.6 Å². The molecule has 1 aromatic carbocycles. The highest BCUT2D eigenvalue weighted by atomic mass is 32.1. The van der Waals surface area contributed by atoms with Gasteiger partial charge in [-0.25, -0.2) is 4.98 Å². The molecule has 14 heteroatoms. The summed E-state index contributed by atoms with van der Waals surface area (Å²) in [6.45, 7) is 3.36. The summed E-state index contributed by atoms with van der Waals surface area (Å²) in [5.74, 6) is -1.52. The highest BCUT2D eigenvalue weighted by molar-refractivity contribution is 7.14. The maximum atomic E-state index is 13.6. The minimum Gasteiger partial charge on any atom is -0.495 e. The number of nitrogens with zero attached hydrogens (tertiary/aromatic N) is 3. The molecule has 1 saturated heterocycles. The number of nitrogens with one attached hydrogen (secondary N) is 3. The number of primary amides is 1. The minimum absolute atomic E-state index is 0.0345. The van der Waals surface area contributed by atoms with Crippen molar-refractivity contribution in [3.8, 4) is 5.75 Å². The molecule has 0 atom stereocenters. The van der Waals surface area contributed by atoms with Gasteiger partial charge in [0.25, 0.3) is 11.8 Å². The summed E-state index contributed by atoms with van der Waals surface area (Å²) in [6, 6.07) is 6.02. The quantitative estimate of drug-likeness (QED) is 0.298. The molecule has 202 valence electrons. The van der Waals surface area contributed by atoms with Crippen LogP contribution in [0.1, 0.15) is 39.1 Å². The highest BCUT2D eigenvalue weighted by Gasteiger charge is 2.36. The predicted molar refractivity (Wildman–Crippen MR) is 137 cm³/mol. The first-order chi connectivity index (χ1) is 18.2. The molecular formula is C24H26F3N7O3S. The van der Waals surface area contributed by atoms with Crippen molar-refractivity contribution in [2.45, 2.75) is 19.0 Å². The number of nitrogens with two attached hydrogens (primary N) is 1. The van der Waals surface area contributed by atoms with Crippen LogP contribution in [0.25, 0.3) is 0 Å². The van der Waals surface area contributed by atoms with Gasteiger partial charge in [0.15, 0.2) is 0 Å². The van der Waals surface area contributed by atoms with Crippen LogP contribution >= 0.6 is 11.3 Å². The second kappa shape index (κ2) is 11.6. The Hall–Kier alpha value is -3.91. The summed E-state index contributed by atoms with van der Waals surface area (Å²) >= 11 is 1.00. The van der Waals surface area contributed by atoms with Crippen molar-refractivity contribution in [2.75, 3.05) is 43.9 Å². The van der Waals surface area contributed by atoms with Gasteiger partial charge in [-0.05, 0) is 55.6 Å². The zero-order chi connectivity index (χ0) is 27.3. The smallest absolute Gasteiger partial charge is 0.421 e. The number of hydrogen-bond acceptors (Lipinski definition) is 9. The van der Waals surface area contributed by atoms with Gasteiger partial charge in [0.1, 0.15) is 22.1 Å².